The van der Waals surface area contributed by atoms with Crippen LogP contribution in [0.2, 0.25) is 0 Å². The molecule has 0 spiro atoms. The number of carboxylic acids is 1. The quantitative estimate of drug-likeness (QED) is 0.846. The van der Waals surface area contributed by atoms with Gasteiger partial charge < -0.3 is 15.2 Å². The largest absolute Gasteiger partial charge is 0.479 e. The Morgan fingerprint density at radius 2 is 2.23 bits per heavy atom. The first-order chi connectivity index (χ1) is 10.4. The lowest BCUT2D eigenvalue weighted by Crippen LogP contribution is -2.55. The molecule has 1 atom stereocenters. The number of hydrogen-bond donors (Lipinski definition) is 2. The Balaban J connectivity index is 1.95. The summed E-state index contributed by atoms with van der Waals surface area (Å²) < 4.78 is 6.71. The minimum Gasteiger partial charge on any atom is -0.479 e. The second-order valence-electron chi connectivity index (χ2n) is 5.46. The van der Waals surface area contributed by atoms with Crippen molar-refractivity contribution in [2.45, 2.75) is 25.8 Å². The van der Waals surface area contributed by atoms with Gasteiger partial charge in [-0.1, -0.05) is 0 Å². The molecule has 22 heavy (non-hydrogen) atoms. The first-order valence-electron chi connectivity index (χ1n) is 6.88. The Morgan fingerprint density at radius 3 is 2.86 bits per heavy atom. The Morgan fingerprint density at radius 1 is 1.45 bits per heavy atom. The number of carboxylic acid groups (broad SMARTS) is 1. The van der Waals surface area contributed by atoms with Crippen LogP contribution in [-0.2, 0) is 9.53 Å². The van der Waals surface area contributed by atoms with E-state index in [-0.39, 0.29) is 13.0 Å². The van der Waals surface area contributed by atoms with Crippen LogP contribution in [0.4, 0.5) is 0 Å². The highest BCUT2D eigenvalue weighted by Crippen LogP contribution is 2.20. The molecule has 1 amide bonds. The minimum atomic E-state index is -1.38. The Bertz CT molecular complexity index is 762. The lowest BCUT2D eigenvalue weighted by molar-refractivity contribution is -0.144. The molecule has 1 fully saturated rings. The van der Waals surface area contributed by atoms with Gasteiger partial charge in [0.15, 0.2) is 11.2 Å². The van der Waals surface area contributed by atoms with Gasteiger partial charge in [-0.2, -0.15) is 5.10 Å². The lowest BCUT2D eigenvalue weighted by atomic mass is 9.98. The Hall–Kier alpha value is -2.48. The molecule has 1 saturated heterocycles. The lowest BCUT2D eigenvalue weighted by Gasteiger charge is -2.24. The monoisotopic (exact) mass is 304 g/mol. The van der Waals surface area contributed by atoms with Crippen LogP contribution >= 0.6 is 0 Å². The number of rotatable bonds is 3. The van der Waals surface area contributed by atoms with E-state index in [1.807, 2.05) is 6.92 Å². The molecule has 3 heterocycles. The molecule has 0 aliphatic carbocycles. The fourth-order valence-corrected chi connectivity index (χ4v) is 2.56. The molecule has 3 rings (SSSR count). The molecule has 116 valence electrons. The molecule has 0 radical (unpaired) electrons. The maximum Gasteiger partial charge on any atom is 0.331 e. The van der Waals surface area contributed by atoms with E-state index in [0.717, 1.165) is 5.69 Å². The fraction of sp³-hybridized carbons (Fsp3) is 0.429. The predicted octanol–water partition coefficient (Wildman–Crippen LogP) is 0.320. The van der Waals surface area contributed by atoms with Gasteiger partial charge in [-0.15, -0.1) is 0 Å². The Kier molecular flexibility index (Phi) is 3.32. The highest BCUT2D eigenvalue weighted by atomic mass is 16.5. The van der Waals surface area contributed by atoms with Gasteiger partial charge in [0, 0.05) is 25.3 Å². The maximum absolute atomic E-state index is 12.5. The van der Waals surface area contributed by atoms with E-state index in [1.54, 1.807) is 17.5 Å². The van der Waals surface area contributed by atoms with Crippen LogP contribution < -0.4 is 5.32 Å². The number of amides is 1. The molecular weight excluding hydrogens is 288 g/mol. The smallest absolute Gasteiger partial charge is 0.331 e. The third kappa shape index (κ3) is 2.21. The molecule has 0 saturated carbocycles. The zero-order valence-corrected chi connectivity index (χ0v) is 12.3. The average Bonchev–Trinajstić information content (AvgIpc) is 3.06. The standard InChI is InChI=1S/C14H16N4O4/c1-8-5-11-15-6-10(9(2)18(11)17-8)12(19)16-14(13(20)21)3-4-22-7-14/h5-6H,3-4,7H2,1-2H3,(H,16,19)(H,20,21). The molecule has 2 aromatic heterocycles. The average molecular weight is 304 g/mol. The summed E-state index contributed by atoms with van der Waals surface area (Å²) in [6.07, 6.45) is 1.68. The van der Waals surface area contributed by atoms with Crippen molar-refractivity contribution < 1.29 is 19.4 Å². The van der Waals surface area contributed by atoms with Crippen LogP contribution in [0.1, 0.15) is 28.2 Å². The van der Waals surface area contributed by atoms with Gasteiger partial charge in [0.05, 0.1) is 23.6 Å². The number of nitrogens with zero attached hydrogens (tertiary/aromatic N) is 3. The fourth-order valence-electron chi connectivity index (χ4n) is 2.56. The van der Waals surface area contributed by atoms with Gasteiger partial charge in [-0.3, -0.25) is 4.79 Å². The topological polar surface area (TPSA) is 106 Å². The van der Waals surface area contributed by atoms with Crippen molar-refractivity contribution in [2.75, 3.05) is 13.2 Å². The van der Waals surface area contributed by atoms with Crippen LogP contribution in [0.3, 0.4) is 0 Å². The first-order valence-corrected chi connectivity index (χ1v) is 6.88. The van der Waals surface area contributed by atoms with Crippen LogP contribution in [0, 0.1) is 13.8 Å². The summed E-state index contributed by atoms with van der Waals surface area (Å²) in [6, 6.07) is 1.80. The van der Waals surface area contributed by atoms with Crippen LogP contribution in [0.15, 0.2) is 12.3 Å². The van der Waals surface area contributed by atoms with E-state index >= 15 is 0 Å². The van der Waals surface area contributed by atoms with Crippen molar-refractivity contribution >= 4 is 17.5 Å². The number of hydrogen-bond acceptors (Lipinski definition) is 5. The summed E-state index contributed by atoms with van der Waals surface area (Å²) in [5.41, 5.74) is 0.958. The Labute approximate surface area is 126 Å². The molecule has 1 aliphatic heterocycles. The summed E-state index contributed by atoms with van der Waals surface area (Å²) in [7, 11) is 0. The minimum absolute atomic E-state index is 0.0380. The van der Waals surface area contributed by atoms with Crippen molar-refractivity contribution in [2.24, 2.45) is 0 Å². The second kappa shape index (κ2) is 5.06. The predicted molar refractivity (Wildman–Crippen MR) is 75.7 cm³/mol. The van der Waals surface area contributed by atoms with E-state index in [0.29, 0.717) is 23.5 Å². The number of nitrogens with one attached hydrogen (secondary N) is 1. The number of fused-ring (bicyclic) bond motifs is 1. The summed E-state index contributed by atoms with van der Waals surface area (Å²) in [5.74, 6) is -1.59. The third-order valence-electron chi connectivity index (χ3n) is 3.87. The van der Waals surface area contributed by atoms with Crippen molar-refractivity contribution in [3.63, 3.8) is 0 Å². The summed E-state index contributed by atoms with van der Waals surface area (Å²) >= 11 is 0. The van der Waals surface area contributed by atoms with Crippen molar-refractivity contribution in [1.29, 1.82) is 0 Å². The van der Waals surface area contributed by atoms with Crippen LogP contribution in [0.25, 0.3) is 5.65 Å². The van der Waals surface area contributed by atoms with Gasteiger partial charge in [0.2, 0.25) is 0 Å². The number of carbonyl (C=O) groups excluding carboxylic acids is 1. The number of carbonyl (C=O) groups is 2. The number of aryl methyl sites for hydroxylation is 2. The number of aromatic nitrogens is 3. The SMILES string of the molecule is Cc1cc2ncc(C(=O)NC3(C(=O)O)CCOC3)c(C)n2n1. The summed E-state index contributed by atoms with van der Waals surface area (Å²) in [4.78, 5) is 28.1. The molecule has 2 aromatic rings. The maximum atomic E-state index is 12.5. The van der Waals surface area contributed by atoms with E-state index in [2.05, 4.69) is 15.4 Å². The molecule has 0 aromatic carbocycles. The van der Waals surface area contributed by atoms with Gasteiger partial charge >= 0.3 is 5.97 Å². The molecule has 1 unspecified atom stereocenters. The van der Waals surface area contributed by atoms with Gasteiger partial charge in [-0.25, -0.2) is 14.3 Å². The molecular formula is C14H16N4O4. The van der Waals surface area contributed by atoms with Gasteiger partial charge in [0.1, 0.15) is 0 Å². The van der Waals surface area contributed by atoms with Crippen molar-refractivity contribution in [3.05, 3.63) is 29.2 Å². The van der Waals surface area contributed by atoms with Crippen LogP contribution in [0.5, 0.6) is 0 Å². The number of ether oxygens (including phenoxy) is 1. The molecule has 2 N–H and O–H groups in total. The molecule has 1 aliphatic rings. The second-order valence-corrected chi connectivity index (χ2v) is 5.46. The molecule has 8 nitrogen and oxygen atoms in total. The first kappa shape index (κ1) is 14.5. The van der Waals surface area contributed by atoms with E-state index in [4.69, 9.17) is 4.74 Å². The van der Waals surface area contributed by atoms with E-state index < -0.39 is 17.4 Å². The van der Waals surface area contributed by atoms with Crippen LogP contribution in [-0.4, -0.2) is 50.3 Å². The summed E-state index contributed by atoms with van der Waals surface area (Å²) in [5, 5.41) is 16.2. The van der Waals surface area contributed by atoms with E-state index in [1.165, 1.54) is 6.20 Å². The van der Waals surface area contributed by atoms with E-state index in [9.17, 15) is 14.7 Å². The number of aliphatic carboxylic acids is 1. The highest BCUT2D eigenvalue weighted by molar-refractivity contribution is 5.98. The third-order valence-corrected chi connectivity index (χ3v) is 3.87. The highest BCUT2D eigenvalue weighted by Gasteiger charge is 2.44. The van der Waals surface area contributed by atoms with Gasteiger partial charge in [0.25, 0.3) is 5.91 Å². The zero-order chi connectivity index (χ0) is 15.9. The zero-order valence-electron chi connectivity index (χ0n) is 12.3. The molecule has 8 heteroatoms. The van der Waals surface area contributed by atoms with Crippen molar-refractivity contribution in [3.8, 4) is 0 Å². The van der Waals surface area contributed by atoms with Gasteiger partial charge in [-0.05, 0) is 13.8 Å². The normalized spacial score (nSPS) is 21.2. The van der Waals surface area contributed by atoms with Crippen molar-refractivity contribution in [1.82, 2.24) is 19.9 Å². The summed E-state index contributed by atoms with van der Waals surface area (Å²) in [6.45, 7) is 3.85. The molecule has 0 bridgehead atoms.